The van der Waals surface area contributed by atoms with Crippen molar-refractivity contribution in [2.24, 2.45) is 5.73 Å². The normalized spacial score (nSPS) is 11.4. The summed E-state index contributed by atoms with van der Waals surface area (Å²) in [5, 5.41) is 0. The Kier molecular flexibility index (Phi) is 4.42. The molecule has 9 heteroatoms. The maximum Gasteiger partial charge on any atom is 0.242 e. The standard InChI is InChI=1S/C11H13N5O2S2/c12-11(19)10-2-1-9(6-14-10)20(17,18)16-4-3-8-5-13-7-15-8/h1-2,5-7,16H,3-4H2,(H2,12,19)(H,13,15). The molecule has 2 heterocycles. The maximum absolute atomic E-state index is 12.0. The van der Waals surface area contributed by atoms with E-state index in [2.05, 4.69) is 19.7 Å². The Bertz CT molecular complexity index is 680. The highest BCUT2D eigenvalue weighted by Gasteiger charge is 2.14. The van der Waals surface area contributed by atoms with E-state index >= 15 is 0 Å². The lowest BCUT2D eigenvalue weighted by atomic mass is 10.3. The molecule has 2 rings (SSSR count). The Morgan fingerprint density at radius 3 is 2.75 bits per heavy atom. The van der Waals surface area contributed by atoms with Crippen molar-refractivity contribution < 1.29 is 8.42 Å². The third kappa shape index (κ3) is 3.59. The van der Waals surface area contributed by atoms with Crippen LogP contribution in [0.15, 0.2) is 35.7 Å². The Labute approximate surface area is 121 Å². The van der Waals surface area contributed by atoms with E-state index in [1.54, 1.807) is 12.5 Å². The van der Waals surface area contributed by atoms with Crippen molar-refractivity contribution >= 4 is 27.2 Å². The molecule has 4 N–H and O–H groups in total. The van der Waals surface area contributed by atoms with Crippen LogP contribution in [0.3, 0.4) is 0 Å². The van der Waals surface area contributed by atoms with Crippen molar-refractivity contribution in [3.63, 3.8) is 0 Å². The van der Waals surface area contributed by atoms with Crippen molar-refractivity contribution in [3.05, 3.63) is 42.2 Å². The Balaban J connectivity index is 2.00. The number of aromatic amines is 1. The number of H-pyrrole nitrogens is 1. The van der Waals surface area contributed by atoms with Gasteiger partial charge in [-0.2, -0.15) is 0 Å². The summed E-state index contributed by atoms with van der Waals surface area (Å²) in [4.78, 5) is 10.8. The number of hydrogen-bond donors (Lipinski definition) is 3. The van der Waals surface area contributed by atoms with Gasteiger partial charge in [0.25, 0.3) is 0 Å². The molecule has 0 unspecified atom stereocenters. The van der Waals surface area contributed by atoms with Crippen LogP contribution >= 0.6 is 12.2 Å². The van der Waals surface area contributed by atoms with Crippen LogP contribution in [-0.4, -0.2) is 34.9 Å². The fourth-order valence-electron chi connectivity index (χ4n) is 1.51. The summed E-state index contributed by atoms with van der Waals surface area (Å²) in [5.74, 6) is 0. The largest absolute Gasteiger partial charge is 0.388 e. The first-order valence-corrected chi connectivity index (χ1v) is 7.61. The summed E-state index contributed by atoms with van der Waals surface area (Å²) in [6.07, 6.45) is 4.94. The molecule has 2 aromatic heterocycles. The molecule has 0 aliphatic carbocycles. The number of thiocarbonyl (C=S) groups is 1. The Hall–Kier alpha value is -1.84. The van der Waals surface area contributed by atoms with Crippen molar-refractivity contribution in [2.75, 3.05) is 6.54 Å². The molecule has 7 nitrogen and oxygen atoms in total. The van der Waals surface area contributed by atoms with Gasteiger partial charge in [0.05, 0.1) is 12.0 Å². The van der Waals surface area contributed by atoms with Gasteiger partial charge in [0.2, 0.25) is 10.0 Å². The average molecular weight is 311 g/mol. The van der Waals surface area contributed by atoms with E-state index < -0.39 is 10.0 Å². The maximum atomic E-state index is 12.0. The summed E-state index contributed by atoms with van der Waals surface area (Å²) in [7, 11) is -3.59. The van der Waals surface area contributed by atoms with E-state index in [0.717, 1.165) is 5.69 Å². The Morgan fingerprint density at radius 2 is 2.20 bits per heavy atom. The lowest BCUT2D eigenvalue weighted by molar-refractivity contribution is 0.581. The second kappa shape index (κ2) is 6.07. The molecule has 0 radical (unpaired) electrons. The number of nitrogens with two attached hydrogens (primary N) is 1. The first-order valence-electron chi connectivity index (χ1n) is 5.72. The molecule has 0 aromatic carbocycles. The number of pyridine rings is 1. The van der Waals surface area contributed by atoms with Crippen LogP contribution in [0.5, 0.6) is 0 Å². The summed E-state index contributed by atoms with van der Waals surface area (Å²) >= 11 is 4.76. The van der Waals surface area contributed by atoms with Gasteiger partial charge in [-0.1, -0.05) is 12.2 Å². The quantitative estimate of drug-likeness (QED) is 0.645. The minimum absolute atomic E-state index is 0.0714. The van der Waals surface area contributed by atoms with E-state index in [1.165, 1.54) is 18.3 Å². The van der Waals surface area contributed by atoms with Crippen LogP contribution in [0.25, 0.3) is 0 Å². The van der Waals surface area contributed by atoms with Crippen LogP contribution in [0.4, 0.5) is 0 Å². The lowest BCUT2D eigenvalue weighted by Gasteiger charge is -2.06. The molecule has 0 saturated heterocycles. The molecule has 0 bridgehead atoms. The minimum Gasteiger partial charge on any atom is -0.388 e. The topological polar surface area (TPSA) is 114 Å². The molecular formula is C11H13N5O2S2. The zero-order chi connectivity index (χ0) is 14.6. The number of nitrogens with one attached hydrogen (secondary N) is 2. The first-order chi connectivity index (χ1) is 9.49. The third-order valence-corrected chi connectivity index (χ3v) is 4.20. The van der Waals surface area contributed by atoms with Crippen LogP contribution in [-0.2, 0) is 16.4 Å². The molecule has 0 spiro atoms. The van der Waals surface area contributed by atoms with Gasteiger partial charge < -0.3 is 10.7 Å². The van der Waals surface area contributed by atoms with Crippen LogP contribution in [0.1, 0.15) is 11.4 Å². The summed E-state index contributed by atoms with van der Waals surface area (Å²) in [6, 6.07) is 2.89. The van der Waals surface area contributed by atoms with E-state index in [4.69, 9.17) is 18.0 Å². The van der Waals surface area contributed by atoms with Crippen molar-refractivity contribution in [2.45, 2.75) is 11.3 Å². The molecular weight excluding hydrogens is 298 g/mol. The van der Waals surface area contributed by atoms with Crippen LogP contribution in [0, 0.1) is 0 Å². The van der Waals surface area contributed by atoms with E-state index in [-0.39, 0.29) is 16.4 Å². The minimum atomic E-state index is -3.59. The molecule has 0 aliphatic heterocycles. The van der Waals surface area contributed by atoms with E-state index in [1.807, 2.05) is 0 Å². The molecule has 0 fully saturated rings. The Morgan fingerprint density at radius 1 is 1.40 bits per heavy atom. The van der Waals surface area contributed by atoms with Gasteiger partial charge in [0, 0.05) is 31.1 Å². The lowest BCUT2D eigenvalue weighted by Crippen LogP contribution is -2.26. The van der Waals surface area contributed by atoms with Crippen LogP contribution < -0.4 is 10.5 Å². The van der Waals surface area contributed by atoms with Crippen molar-refractivity contribution in [1.82, 2.24) is 19.7 Å². The average Bonchev–Trinajstić information content (AvgIpc) is 2.92. The molecule has 106 valence electrons. The first kappa shape index (κ1) is 14.6. The fourth-order valence-corrected chi connectivity index (χ4v) is 2.61. The van der Waals surface area contributed by atoms with Crippen molar-refractivity contribution in [1.29, 1.82) is 0 Å². The molecule has 0 aliphatic rings. The highest BCUT2D eigenvalue weighted by Crippen LogP contribution is 2.07. The summed E-state index contributed by atoms with van der Waals surface area (Å²) in [5.41, 5.74) is 6.64. The molecule has 0 amide bonds. The number of rotatable bonds is 6. The van der Waals surface area contributed by atoms with Gasteiger partial charge in [-0.05, 0) is 12.1 Å². The van der Waals surface area contributed by atoms with Gasteiger partial charge in [0.1, 0.15) is 9.88 Å². The van der Waals surface area contributed by atoms with Gasteiger partial charge >= 0.3 is 0 Å². The van der Waals surface area contributed by atoms with Crippen LogP contribution in [0.2, 0.25) is 0 Å². The molecule has 0 saturated carbocycles. The van der Waals surface area contributed by atoms with Crippen molar-refractivity contribution in [3.8, 4) is 0 Å². The summed E-state index contributed by atoms with van der Waals surface area (Å²) in [6.45, 7) is 0.265. The second-order valence-electron chi connectivity index (χ2n) is 3.97. The van der Waals surface area contributed by atoms with E-state index in [9.17, 15) is 8.42 Å². The number of imidazole rings is 1. The van der Waals surface area contributed by atoms with Gasteiger partial charge in [-0.25, -0.2) is 18.1 Å². The third-order valence-electron chi connectivity index (χ3n) is 2.54. The predicted octanol–water partition coefficient (Wildman–Crippen LogP) is -0.0401. The molecule has 2 aromatic rings. The van der Waals surface area contributed by atoms with Gasteiger partial charge in [0.15, 0.2) is 0 Å². The van der Waals surface area contributed by atoms with E-state index in [0.29, 0.717) is 12.1 Å². The highest BCUT2D eigenvalue weighted by molar-refractivity contribution is 7.89. The number of hydrogen-bond acceptors (Lipinski definition) is 5. The smallest absolute Gasteiger partial charge is 0.242 e. The highest BCUT2D eigenvalue weighted by atomic mass is 32.2. The number of nitrogens with zero attached hydrogens (tertiary/aromatic N) is 2. The van der Waals surface area contributed by atoms with Gasteiger partial charge in [-0.15, -0.1) is 0 Å². The SMILES string of the molecule is NC(=S)c1ccc(S(=O)(=O)NCCc2cnc[nH]2)cn1. The second-order valence-corrected chi connectivity index (χ2v) is 6.17. The molecule has 20 heavy (non-hydrogen) atoms. The number of aromatic nitrogens is 3. The van der Waals surface area contributed by atoms with Gasteiger partial charge in [-0.3, -0.25) is 4.98 Å². The number of sulfonamides is 1. The zero-order valence-corrected chi connectivity index (χ0v) is 12.0. The fraction of sp³-hybridized carbons (Fsp3) is 0.182. The molecule has 0 atom stereocenters. The predicted molar refractivity (Wildman–Crippen MR) is 77.6 cm³/mol. The zero-order valence-electron chi connectivity index (χ0n) is 10.4. The summed E-state index contributed by atoms with van der Waals surface area (Å²) < 4.78 is 26.5. The monoisotopic (exact) mass is 311 g/mol.